The molecule has 5 heteroatoms. The molecule has 0 aliphatic rings. The minimum absolute atomic E-state index is 0.113. The van der Waals surface area contributed by atoms with E-state index >= 15 is 0 Å². The summed E-state index contributed by atoms with van der Waals surface area (Å²) in [4.78, 5) is 22.3. The predicted octanol–water partition coefficient (Wildman–Crippen LogP) is -0.296. The molecule has 0 saturated carbocycles. The van der Waals surface area contributed by atoms with Gasteiger partial charge in [-0.05, 0) is 0 Å². The molecule has 0 fully saturated rings. The van der Waals surface area contributed by atoms with Crippen LogP contribution in [0.4, 0.5) is 0 Å². The second-order valence-corrected chi connectivity index (χ2v) is 4.93. The van der Waals surface area contributed by atoms with Gasteiger partial charge < -0.3 is 0 Å². The summed E-state index contributed by atoms with van der Waals surface area (Å²) in [6.45, 7) is 5.40. The maximum absolute atomic E-state index is 11.2. The number of carbonyl (C=O) groups is 2. The van der Waals surface area contributed by atoms with E-state index in [-0.39, 0.29) is 10.5 Å². The molecule has 1 amide bonds. The van der Waals surface area contributed by atoms with Crippen molar-refractivity contribution < 1.29 is 9.59 Å². The van der Waals surface area contributed by atoms with Crippen molar-refractivity contribution in [2.75, 3.05) is 0 Å². The van der Waals surface area contributed by atoms with Crippen molar-refractivity contribution >= 4 is 27.3 Å². The molecule has 0 aromatic heterocycles. The summed E-state index contributed by atoms with van der Waals surface area (Å²) in [5.74, 6) is -0.126. The summed E-state index contributed by atoms with van der Waals surface area (Å²) in [7, 11) is 0. The van der Waals surface area contributed by atoms with Crippen LogP contribution < -0.4 is 11.1 Å². The van der Waals surface area contributed by atoms with Gasteiger partial charge in [0.15, 0.2) is 0 Å². The number of rotatable bonds is 5. The topological polar surface area (TPSA) is 72.2 Å². The minimum atomic E-state index is -0.484. The monoisotopic (exact) mass is 260 g/mol. The molecule has 0 saturated heterocycles. The third-order valence-corrected chi connectivity index (χ3v) is 2.34. The molecule has 4 nitrogen and oxygen atoms in total. The van der Waals surface area contributed by atoms with Crippen LogP contribution in [0, 0.1) is 0 Å². The Bertz CT molecular complexity index is 223. The van der Waals surface area contributed by atoms with Crippen LogP contribution in [0.3, 0.4) is 0 Å². The third-order valence-electron chi connectivity index (χ3n) is 1.68. The standard InChI is InChI=1S/C9H17AsN2O2/c1-4-7(13)12-6(8(10)14)5-9(2,3)11/h6H,4-5,11H2,1-3H3,(H,12,13). The van der Waals surface area contributed by atoms with Crippen LogP contribution in [0.25, 0.3) is 0 Å². The van der Waals surface area contributed by atoms with Gasteiger partial charge in [0.25, 0.3) is 0 Å². The van der Waals surface area contributed by atoms with Gasteiger partial charge in [0.1, 0.15) is 0 Å². The van der Waals surface area contributed by atoms with Crippen LogP contribution >= 0.6 is 0 Å². The van der Waals surface area contributed by atoms with E-state index in [9.17, 15) is 9.59 Å². The Kier molecular flexibility index (Phi) is 5.38. The van der Waals surface area contributed by atoms with Crippen molar-refractivity contribution in [2.24, 2.45) is 5.73 Å². The molecule has 0 aromatic rings. The summed E-state index contributed by atoms with van der Waals surface area (Å²) in [5.41, 5.74) is 5.32. The first-order chi connectivity index (χ1) is 6.26. The zero-order chi connectivity index (χ0) is 11.4. The van der Waals surface area contributed by atoms with Crippen molar-refractivity contribution in [3.05, 3.63) is 0 Å². The van der Waals surface area contributed by atoms with Crippen LogP contribution in [0.1, 0.15) is 33.6 Å². The van der Waals surface area contributed by atoms with Gasteiger partial charge in [-0.15, -0.1) is 0 Å². The number of nitrogens with one attached hydrogen (secondary N) is 1. The van der Waals surface area contributed by atoms with Gasteiger partial charge in [-0.1, -0.05) is 0 Å². The molecular formula is C9H17AsN2O2. The molecule has 0 aromatic carbocycles. The van der Waals surface area contributed by atoms with Crippen LogP contribution in [-0.4, -0.2) is 38.9 Å². The summed E-state index contributed by atoms with van der Waals surface area (Å²) in [6, 6.07) is -0.484. The molecule has 0 spiro atoms. The van der Waals surface area contributed by atoms with Crippen LogP contribution in [0.15, 0.2) is 0 Å². The molecule has 0 rings (SSSR count). The van der Waals surface area contributed by atoms with Gasteiger partial charge in [0.05, 0.1) is 0 Å². The van der Waals surface area contributed by atoms with Gasteiger partial charge in [0, 0.05) is 0 Å². The Morgan fingerprint density at radius 2 is 2.00 bits per heavy atom. The van der Waals surface area contributed by atoms with Gasteiger partial charge in [-0.2, -0.15) is 0 Å². The van der Waals surface area contributed by atoms with Crippen molar-refractivity contribution in [3.63, 3.8) is 0 Å². The number of hydrogen-bond donors (Lipinski definition) is 2. The predicted molar refractivity (Wildman–Crippen MR) is 55.9 cm³/mol. The van der Waals surface area contributed by atoms with E-state index in [2.05, 4.69) is 5.32 Å². The summed E-state index contributed by atoms with van der Waals surface area (Å²) in [5, 5.41) is 2.64. The summed E-state index contributed by atoms with van der Waals surface area (Å²) >= 11 is 1.92. The van der Waals surface area contributed by atoms with Gasteiger partial charge in [-0.25, -0.2) is 0 Å². The van der Waals surface area contributed by atoms with Crippen molar-refractivity contribution in [2.45, 2.75) is 45.2 Å². The molecule has 1 unspecified atom stereocenters. The fourth-order valence-corrected chi connectivity index (χ4v) is 1.35. The van der Waals surface area contributed by atoms with E-state index in [1.54, 1.807) is 6.92 Å². The molecule has 0 bridgehead atoms. The van der Waals surface area contributed by atoms with Crippen LogP contribution in [0.5, 0.6) is 0 Å². The van der Waals surface area contributed by atoms with Crippen LogP contribution in [0.2, 0.25) is 0 Å². The summed E-state index contributed by atoms with van der Waals surface area (Å²) in [6.07, 6.45) is 0.827. The molecule has 3 N–H and O–H groups in total. The fraction of sp³-hybridized carbons (Fsp3) is 0.778. The quantitative estimate of drug-likeness (QED) is 0.667. The molecule has 0 heterocycles. The Labute approximate surface area is 93.5 Å². The van der Waals surface area contributed by atoms with E-state index in [4.69, 9.17) is 5.73 Å². The SMILES string of the molecule is CCC(=O)NC(CC(C)(C)N)C(=O)[As]. The third kappa shape index (κ3) is 6.16. The Morgan fingerprint density at radius 3 is 2.29 bits per heavy atom. The van der Waals surface area contributed by atoms with Gasteiger partial charge >= 0.3 is 93.2 Å². The molecule has 2 radical (unpaired) electrons. The normalized spacial score (nSPS) is 13.5. The molecule has 1 atom stereocenters. The van der Waals surface area contributed by atoms with Gasteiger partial charge in [-0.3, -0.25) is 0 Å². The van der Waals surface area contributed by atoms with Crippen molar-refractivity contribution in [3.8, 4) is 0 Å². The average Bonchev–Trinajstić information content (AvgIpc) is 2.00. The molecule has 0 aliphatic carbocycles. The van der Waals surface area contributed by atoms with E-state index in [1.165, 1.54) is 0 Å². The average molecular weight is 260 g/mol. The first-order valence-corrected chi connectivity index (χ1v) is 5.51. The molecule has 80 valence electrons. The van der Waals surface area contributed by atoms with Crippen LogP contribution in [-0.2, 0) is 9.59 Å². The van der Waals surface area contributed by atoms with E-state index in [1.807, 2.05) is 30.7 Å². The zero-order valence-electron chi connectivity index (χ0n) is 8.83. The number of amides is 1. The first-order valence-electron chi connectivity index (χ1n) is 4.57. The Morgan fingerprint density at radius 1 is 1.50 bits per heavy atom. The first kappa shape index (κ1) is 13.7. The number of carbonyl (C=O) groups excluding carboxylic acids is 2. The van der Waals surface area contributed by atoms with E-state index in [0.717, 1.165) is 0 Å². The van der Waals surface area contributed by atoms with Crippen molar-refractivity contribution in [1.29, 1.82) is 0 Å². The fourth-order valence-electron chi connectivity index (χ4n) is 1.02. The second kappa shape index (κ2) is 5.52. The maximum atomic E-state index is 11.2. The summed E-state index contributed by atoms with van der Waals surface area (Å²) < 4.78 is -0.113. The Balaban J connectivity index is 4.31. The molecule has 0 aliphatic heterocycles. The second-order valence-electron chi connectivity index (χ2n) is 4.00. The molecule has 14 heavy (non-hydrogen) atoms. The zero-order valence-corrected chi connectivity index (χ0v) is 10.7. The number of hydrogen-bond acceptors (Lipinski definition) is 3. The number of nitrogens with two attached hydrogens (primary N) is 1. The van der Waals surface area contributed by atoms with E-state index in [0.29, 0.717) is 12.8 Å². The Hall–Kier alpha value is -0.342. The van der Waals surface area contributed by atoms with Gasteiger partial charge in [0.2, 0.25) is 0 Å². The van der Waals surface area contributed by atoms with E-state index < -0.39 is 11.6 Å². The van der Waals surface area contributed by atoms with Crippen molar-refractivity contribution in [1.82, 2.24) is 5.32 Å². The molecular weight excluding hydrogens is 243 g/mol.